The molecule has 2 aromatic heterocycles. The Morgan fingerprint density at radius 3 is 2.55 bits per heavy atom. The van der Waals surface area contributed by atoms with Crippen molar-refractivity contribution in [3.8, 4) is 11.1 Å². The van der Waals surface area contributed by atoms with Crippen LogP contribution in [-0.4, -0.2) is 94.3 Å². The van der Waals surface area contributed by atoms with E-state index < -0.39 is 11.8 Å². The third kappa shape index (κ3) is 4.46. The van der Waals surface area contributed by atoms with Crippen LogP contribution in [0.1, 0.15) is 19.4 Å². The molecule has 2 aliphatic rings. The van der Waals surface area contributed by atoms with Crippen molar-refractivity contribution in [3.05, 3.63) is 53.2 Å². The molecule has 2 saturated heterocycles. The molecule has 9 nitrogen and oxygen atoms in total. The SMILES string of the molecule is C=CC(=O)N1C[C@H](C)N(c2nc(N3CC(N(C)C)C3)nc3c(F)c(-c4c(C)ccc5n[nH]c(F)c45)c(Cl)cc23)C[C@H]1C. The van der Waals surface area contributed by atoms with E-state index in [1.165, 1.54) is 6.08 Å². The van der Waals surface area contributed by atoms with E-state index in [0.29, 0.717) is 66.0 Å². The highest BCUT2D eigenvalue weighted by molar-refractivity contribution is 6.35. The van der Waals surface area contributed by atoms with Gasteiger partial charge in [0.25, 0.3) is 0 Å². The zero-order valence-corrected chi connectivity index (χ0v) is 25.0. The maximum atomic E-state index is 16.8. The van der Waals surface area contributed by atoms with Crippen molar-refractivity contribution in [2.45, 2.75) is 38.9 Å². The van der Waals surface area contributed by atoms with Crippen LogP contribution in [0, 0.1) is 18.7 Å². The fourth-order valence-corrected chi connectivity index (χ4v) is 6.33. The molecule has 0 aliphatic carbocycles. The minimum atomic E-state index is -0.659. The predicted molar refractivity (Wildman–Crippen MR) is 162 cm³/mol. The summed E-state index contributed by atoms with van der Waals surface area (Å²) >= 11 is 6.84. The number of anilines is 2. The molecule has 4 heterocycles. The molecular weight excluding hydrogens is 562 g/mol. The summed E-state index contributed by atoms with van der Waals surface area (Å²) in [5, 5.41) is 7.12. The Morgan fingerprint density at radius 1 is 1.12 bits per heavy atom. The number of fused-ring (bicyclic) bond motifs is 2. The van der Waals surface area contributed by atoms with E-state index in [9.17, 15) is 9.18 Å². The highest BCUT2D eigenvalue weighted by Gasteiger charge is 2.36. The minimum absolute atomic E-state index is 0.0701. The molecule has 4 aromatic rings. The van der Waals surface area contributed by atoms with Crippen molar-refractivity contribution in [2.75, 3.05) is 50.1 Å². The van der Waals surface area contributed by atoms with Crippen LogP contribution in [0.25, 0.3) is 32.9 Å². The summed E-state index contributed by atoms with van der Waals surface area (Å²) in [6.07, 6.45) is 1.32. The number of hydrogen-bond donors (Lipinski definition) is 1. The summed E-state index contributed by atoms with van der Waals surface area (Å²) in [7, 11) is 4.04. The zero-order chi connectivity index (χ0) is 30.0. The predicted octanol–water partition coefficient (Wildman–Crippen LogP) is 4.77. The van der Waals surface area contributed by atoms with Crippen LogP contribution in [0.3, 0.4) is 0 Å². The molecule has 0 radical (unpaired) electrons. The second-order valence-electron chi connectivity index (χ2n) is 11.5. The third-order valence-electron chi connectivity index (χ3n) is 8.58. The number of amides is 1. The van der Waals surface area contributed by atoms with E-state index >= 15 is 4.39 Å². The molecule has 6 rings (SSSR count). The molecule has 12 heteroatoms. The van der Waals surface area contributed by atoms with Crippen molar-refractivity contribution in [1.29, 1.82) is 0 Å². The lowest BCUT2D eigenvalue weighted by molar-refractivity contribution is -0.128. The van der Waals surface area contributed by atoms with Gasteiger partial charge in [0.05, 0.1) is 15.9 Å². The van der Waals surface area contributed by atoms with Crippen LogP contribution in [0.15, 0.2) is 30.9 Å². The van der Waals surface area contributed by atoms with E-state index in [2.05, 4.69) is 26.6 Å². The number of aromatic nitrogens is 4. The Balaban J connectivity index is 1.55. The Bertz CT molecular complexity index is 1730. The van der Waals surface area contributed by atoms with Gasteiger partial charge in [-0.15, -0.1) is 0 Å². The number of H-pyrrole nitrogens is 1. The van der Waals surface area contributed by atoms with Crippen molar-refractivity contribution < 1.29 is 13.6 Å². The number of benzene rings is 2. The van der Waals surface area contributed by atoms with E-state index in [-0.39, 0.29) is 39.5 Å². The fourth-order valence-electron chi connectivity index (χ4n) is 6.05. The van der Waals surface area contributed by atoms with Gasteiger partial charge >= 0.3 is 0 Å². The van der Waals surface area contributed by atoms with Crippen LogP contribution in [0.5, 0.6) is 0 Å². The number of nitrogens with zero attached hydrogens (tertiary/aromatic N) is 7. The number of hydrogen-bond acceptors (Lipinski definition) is 7. The minimum Gasteiger partial charge on any atom is -0.349 e. The number of rotatable bonds is 5. The van der Waals surface area contributed by atoms with Gasteiger partial charge in [0, 0.05) is 60.8 Å². The number of carbonyl (C=O) groups is 1. The van der Waals surface area contributed by atoms with Gasteiger partial charge in [-0.1, -0.05) is 24.2 Å². The second kappa shape index (κ2) is 10.5. The van der Waals surface area contributed by atoms with Gasteiger partial charge in [0.15, 0.2) is 5.82 Å². The molecule has 0 bridgehead atoms. The van der Waals surface area contributed by atoms with Crippen LogP contribution in [0.2, 0.25) is 5.02 Å². The monoisotopic (exact) mass is 594 g/mol. The molecule has 2 aliphatic heterocycles. The highest BCUT2D eigenvalue weighted by atomic mass is 35.5. The van der Waals surface area contributed by atoms with Crippen LogP contribution in [0.4, 0.5) is 20.5 Å². The fraction of sp³-hybridized carbons (Fsp3) is 0.400. The molecule has 2 aromatic carbocycles. The number of aromatic amines is 1. The maximum absolute atomic E-state index is 16.8. The molecule has 42 heavy (non-hydrogen) atoms. The Morgan fingerprint density at radius 2 is 1.86 bits per heavy atom. The van der Waals surface area contributed by atoms with Crippen LogP contribution >= 0.6 is 11.6 Å². The topological polar surface area (TPSA) is 84.5 Å². The lowest BCUT2D eigenvalue weighted by Gasteiger charge is -2.45. The third-order valence-corrected chi connectivity index (χ3v) is 8.88. The molecule has 0 saturated carbocycles. The first kappa shape index (κ1) is 28.3. The molecular formula is C30H33ClF2N8O. The van der Waals surface area contributed by atoms with Crippen LogP contribution < -0.4 is 9.80 Å². The average Bonchev–Trinajstić information content (AvgIpc) is 3.30. The first-order chi connectivity index (χ1) is 20.0. The molecule has 2 atom stereocenters. The standard InChI is InChI=1S/C30H33ClF2N8O/c1-7-22(42)40-11-17(4)41(12-16(40)3)29-19-10-20(31)24(23-15(2)8-9-21-25(23)28(33)37-36-21)26(32)27(19)34-30(35-29)39-13-18(14-39)38(5)6/h7-10,16-18H,1,11-14H2,2-6H3,(H,36,37)/t16-,17+/m1/s1. The van der Waals surface area contributed by atoms with Gasteiger partial charge < -0.3 is 19.6 Å². The zero-order valence-electron chi connectivity index (χ0n) is 24.2. The first-order valence-corrected chi connectivity index (χ1v) is 14.3. The van der Waals surface area contributed by atoms with Gasteiger partial charge in [0.1, 0.15) is 11.3 Å². The summed E-state index contributed by atoms with van der Waals surface area (Å²) in [6.45, 7) is 11.7. The second-order valence-corrected chi connectivity index (χ2v) is 12.0. The molecule has 220 valence electrons. The van der Waals surface area contributed by atoms with Crippen molar-refractivity contribution in [3.63, 3.8) is 0 Å². The van der Waals surface area contributed by atoms with E-state index in [4.69, 9.17) is 21.6 Å². The molecule has 1 amide bonds. The number of aryl methyl sites for hydroxylation is 1. The average molecular weight is 595 g/mol. The van der Waals surface area contributed by atoms with Crippen molar-refractivity contribution in [2.24, 2.45) is 0 Å². The summed E-state index contributed by atoms with van der Waals surface area (Å²) in [5.41, 5.74) is 1.53. The van der Waals surface area contributed by atoms with Gasteiger partial charge in [-0.2, -0.15) is 14.5 Å². The largest absolute Gasteiger partial charge is 0.349 e. The van der Waals surface area contributed by atoms with Gasteiger partial charge in [-0.3, -0.25) is 9.89 Å². The number of halogens is 3. The quantitative estimate of drug-likeness (QED) is 0.333. The Labute approximate surface area is 247 Å². The Hall–Kier alpha value is -3.83. The lowest BCUT2D eigenvalue weighted by Crippen LogP contribution is -2.59. The smallest absolute Gasteiger partial charge is 0.246 e. The summed E-state index contributed by atoms with van der Waals surface area (Å²) in [6, 6.07) is 5.19. The maximum Gasteiger partial charge on any atom is 0.246 e. The molecule has 2 fully saturated rings. The summed E-state index contributed by atoms with van der Waals surface area (Å²) < 4.78 is 31.7. The number of piperazine rings is 1. The number of likely N-dealkylation sites (N-methyl/N-ethyl adjacent to an activating group) is 1. The lowest BCUT2D eigenvalue weighted by atomic mass is 9.95. The summed E-state index contributed by atoms with van der Waals surface area (Å²) in [5.74, 6) is -0.480. The van der Waals surface area contributed by atoms with Gasteiger partial charge in [0.2, 0.25) is 17.8 Å². The van der Waals surface area contributed by atoms with Crippen LogP contribution in [-0.2, 0) is 4.79 Å². The van der Waals surface area contributed by atoms with Gasteiger partial charge in [-0.25, -0.2) is 9.37 Å². The molecule has 0 unspecified atom stereocenters. The molecule has 0 spiro atoms. The van der Waals surface area contributed by atoms with E-state index in [0.717, 1.165) is 0 Å². The van der Waals surface area contributed by atoms with E-state index in [1.807, 2.05) is 32.8 Å². The van der Waals surface area contributed by atoms with E-state index in [1.54, 1.807) is 30.0 Å². The number of nitrogens with one attached hydrogen (secondary N) is 1. The normalized spacial score (nSPS) is 19.7. The highest BCUT2D eigenvalue weighted by Crippen LogP contribution is 2.43. The van der Waals surface area contributed by atoms with Crippen molar-refractivity contribution in [1.82, 2.24) is 30.0 Å². The number of carbonyl (C=O) groups excluding carboxylic acids is 1. The van der Waals surface area contributed by atoms with Gasteiger partial charge in [-0.05, 0) is 58.6 Å². The first-order valence-electron chi connectivity index (χ1n) is 13.9. The summed E-state index contributed by atoms with van der Waals surface area (Å²) in [4.78, 5) is 30.2. The van der Waals surface area contributed by atoms with Crippen molar-refractivity contribution >= 4 is 51.1 Å². The molecule has 1 N–H and O–H groups in total. The Kier molecular flexibility index (Phi) is 7.05.